The summed E-state index contributed by atoms with van der Waals surface area (Å²) in [6, 6.07) is 4.97. The molecule has 112 valence electrons. The van der Waals surface area contributed by atoms with E-state index in [1.165, 1.54) is 23.8 Å². The van der Waals surface area contributed by atoms with Gasteiger partial charge in [-0.1, -0.05) is 6.07 Å². The van der Waals surface area contributed by atoms with Crippen LogP contribution >= 0.6 is 11.3 Å². The SMILES string of the molecule is COCc1c(C(=O)N2CCCCC2)sc2cccc(F)c12. The molecule has 5 heteroatoms. The number of rotatable bonds is 3. The highest BCUT2D eigenvalue weighted by Gasteiger charge is 2.25. The number of methoxy groups -OCH3 is 1. The van der Waals surface area contributed by atoms with Crippen molar-refractivity contribution in [1.82, 2.24) is 4.90 Å². The Kier molecular flexibility index (Phi) is 4.22. The first-order valence-electron chi connectivity index (χ1n) is 7.20. The lowest BCUT2D eigenvalue weighted by molar-refractivity contribution is 0.0725. The number of carbonyl (C=O) groups excluding carboxylic acids is 1. The van der Waals surface area contributed by atoms with Crippen molar-refractivity contribution in [1.29, 1.82) is 0 Å². The van der Waals surface area contributed by atoms with Gasteiger partial charge in [0.15, 0.2) is 0 Å². The number of likely N-dealkylation sites (tertiary alicyclic amines) is 1. The molecule has 0 aliphatic carbocycles. The van der Waals surface area contributed by atoms with Crippen LogP contribution in [0.15, 0.2) is 18.2 Å². The van der Waals surface area contributed by atoms with Crippen LogP contribution in [-0.2, 0) is 11.3 Å². The van der Waals surface area contributed by atoms with Gasteiger partial charge in [0.1, 0.15) is 5.82 Å². The number of hydrogen-bond acceptors (Lipinski definition) is 3. The largest absolute Gasteiger partial charge is 0.380 e. The third kappa shape index (κ3) is 2.68. The molecule has 3 nitrogen and oxygen atoms in total. The third-order valence-corrected chi connectivity index (χ3v) is 5.07. The van der Waals surface area contributed by atoms with Crippen molar-refractivity contribution in [2.45, 2.75) is 25.9 Å². The van der Waals surface area contributed by atoms with Crippen molar-refractivity contribution in [2.75, 3.05) is 20.2 Å². The van der Waals surface area contributed by atoms with E-state index in [9.17, 15) is 9.18 Å². The zero-order valence-electron chi connectivity index (χ0n) is 12.0. The summed E-state index contributed by atoms with van der Waals surface area (Å²) in [5.41, 5.74) is 0.686. The molecule has 0 atom stereocenters. The maximum absolute atomic E-state index is 14.1. The summed E-state index contributed by atoms with van der Waals surface area (Å²) in [6.45, 7) is 1.85. The third-order valence-electron chi connectivity index (χ3n) is 3.89. The molecule has 1 saturated heterocycles. The number of benzene rings is 1. The number of thiophene rings is 1. The van der Waals surface area contributed by atoms with Gasteiger partial charge in [0.05, 0.1) is 11.5 Å². The normalized spacial score (nSPS) is 15.6. The van der Waals surface area contributed by atoms with Gasteiger partial charge in [-0.15, -0.1) is 11.3 Å². The minimum Gasteiger partial charge on any atom is -0.380 e. The van der Waals surface area contributed by atoms with Gasteiger partial charge in [0.2, 0.25) is 0 Å². The topological polar surface area (TPSA) is 29.5 Å². The van der Waals surface area contributed by atoms with E-state index in [1.54, 1.807) is 13.2 Å². The summed E-state index contributed by atoms with van der Waals surface area (Å²) in [6.07, 6.45) is 3.27. The minimum absolute atomic E-state index is 0.0161. The van der Waals surface area contributed by atoms with Crippen LogP contribution < -0.4 is 0 Å². The lowest BCUT2D eigenvalue weighted by atomic mass is 10.1. The molecule has 0 N–H and O–H groups in total. The molecule has 1 aromatic carbocycles. The Labute approximate surface area is 127 Å². The number of halogens is 1. The van der Waals surface area contributed by atoms with E-state index in [0.717, 1.165) is 30.6 Å². The van der Waals surface area contributed by atoms with Gasteiger partial charge in [-0.05, 0) is 31.4 Å². The quantitative estimate of drug-likeness (QED) is 0.863. The van der Waals surface area contributed by atoms with E-state index >= 15 is 0 Å². The predicted molar refractivity (Wildman–Crippen MR) is 82.3 cm³/mol. The molecular weight excluding hydrogens is 289 g/mol. The van der Waals surface area contributed by atoms with Crippen molar-refractivity contribution in [3.8, 4) is 0 Å². The summed E-state index contributed by atoms with van der Waals surface area (Å²) < 4.78 is 20.1. The highest BCUT2D eigenvalue weighted by atomic mass is 32.1. The van der Waals surface area contributed by atoms with Crippen molar-refractivity contribution in [2.24, 2.45) is 0 Å². The molecule has 0 saturated carbocycles. The molecule has 0 radical (unpaired) electrons. The van der Waals surface area contributed by atoms with Crippen molar-refractivity contribution >= 4 is 27.3 Å². The summed E-state index contributed by atoms with van der Waals surface area (Å²) in [7, 11) is 1.57. The smallest absolute Gasteiger partial charge is 0.264 e. The zero-order chi connectivity index (χ0) is 14.8. The lowest BCUT2D eigenvalue weighted by Gasteiger charge is -2.26. The number of piperidine rings is 1. The van der Waals surface area contributed by atoms with Gasteiger partial charge in [-0.25, -0.2) is 4.39 Å². The number of ether oxygens (including phenoxy) is 1. The van der Waals surface area contributed by atoms with E-state index in [2.05, 4.69) is 0 Å². The van der Waals surface area contributed by atoms with E-state index in [0.29, 0.717) is 15.8 Å². The second-order valence-electron chi connectivity index (χ2n) is 5.31. The molecule has 2 heterocycles. The van der Waals surface area contributed by atoms with Gasteiger partial charge in [-0.3, -0.25) is 4.79 Å². The van der Waals surface area contributed by atoms with Crippen LogP contribution in [0.1, 0.15) is 34.5 Å². The molecule has 21 heavy (non-hydrogen) atoms. The molecule has 1 amide bonds. The van der Waals surface area contributed by atoms with Crippen molar-refractivity contribution in [3.05, 3.63) is 34.5 Å². The van der Waals surface area contributed by atoms with Crippen LogP contribution in [0.4, 0.5) is 4.39 Å². The van der Waals surface area contributed by atoms with Gasteiger partial charge < -0.3 is 9.64 Å². The maximum atomic E-state index is 14.1. The number of fused-ring (bicyclic) bond motifs is 1. The Balaban J connectivity index is 2.06. The van der Waals surface area contributed by atoms with Crippen molar-refractivity contribution in [3.63, 3.8) is 0 Å². The molecule has 3 rings (SSSR count). The molecule has 1 aromatic heterocycles. The standard InChI is InChI=1S/C16H18FNO2S/c1-20-10-11-14-12(17)6-5-7-13(14)21-15(11)16(19)18-8-3-2-4-9-18/h5-7H,2-4,8-10H2,1H3. The highest BCUT2D eigenvalue weighted by Crippen LogP contribution is 2.34. The highest BCUT2D eigenvalue weighted by molar-refractivity contribution is 7.21. The monoisotopic (exact) mass is 307 g/mol. The number of hydrogen-bond donors (Lipinski definition) is 0. The maximum Gasteiger partial charge on any atom is 0.264 e. The van der Waals surface area contributed by atoms with Gasteiger partial charge in [0.25, 0.3) is 5.91 Å². The molecule has 0 unspecified atom stereocenters. The zero-order valence-corrected chi connectivity index (χ0v) is 12.8. The second kappa shape index (κ2) is 6.12. The molecule has 1 aliphatic heterocycles. The van der Waals surface area contributed by atoms with Crippen LogP contribution in [0.3, 0.4) is 0 Å². The fraction of sp³-hybridized carbons (Fsp3) is 0.438. The molecular formula is C16H18FNO2S. The van der Waals surface area contributed by atoms with E-state index in [1.807, 2.05) is 11.0 Å². The fourth-order valence-corrected chi connectivity index (χ4v) is 4.05. The Morgan fingerprint density at radius 2 is 2.10 bits per heavy atom. The van der Waals surface area contributed by atoms with Crippen LogP contribution in [0.25, 0.3) is 10.1 Å². The average molecular weight is 307 g/mol. The van der Waals surface area contributed by atoms with Crippen molar-refractivity contribution < 1.29 is 13.9 Å². The summed E-state index contributed by atoms with van der Waals surface area (Å²) in [4.78, 5) is 15.2. The van der Waals surface area contributed by atoms with Crippen LogP contribution in [0, 0.1) is 5.82 Å². The van der Waals surface area contributed by atoms with E-state index in [-0.39, 0.29) is 18.3 Å². The Morgan fingerprint density at radius 1 is 1.33 bits per heavy atom. The summed E-state index contributed by atoms with van der Waals surface area (Å²) in [5, 5.41) is 0.532. The van der Waals surface area contributed by atoms with Crippen LogP contribution in [-0.4, -0.2) is 31.0 Å². The Bertz CT molecular complexity index is 662. The first kappa shape index (κ1) is 14.5. The predicted octanol–water partition coefficient (Wildman–Crippen LogP) is 3.81. The Morgan fingerprint density at radius 3 is 2.81 bits per heavy atom. The molecule has 1 aliphatic rings. The van der Waals surface area contributed by atoms with E-state index < -0.39 is 0 Å². The minimum atomic E-state index is -0.284. The van der Waals surface area contributed by atoms with E-state index in [4.69, 9.17) is 4.74 Å². The average Bonchev–Trinajstić information content (AvgIpc) is 2.88. The second-order valence-corrected chi connectivity index (χ2v) is 6.36. The molecule has 0 bridgehead atoms. The fourth-order valence-electron chi connectivity index (χ4n) is 2.86. The van der Waals surface area contributed by atoms with Gasteiger partial charge in [-0.2, -0.15) is 0 Å². The number of nitrogens with zero attached hydrogens (tertiary/aromatic N) is 1. The number of amides is 1. The Hall–Kier alpha value is -1.46. The van der Waals surface area contributed by atoms with Crippen LogP contribution in [0.5, 0.6) is 0 Å². The molecule has 2 aromatic rings. The molecule has 1 fully saturated rings. The first-order valence-corrected chi connectivity index (χ1v) is 8.02. The lowest BCUT2D eigenvalue weighted by Crippen LogP contribution is -2.35. The summed E-state index contributed by atoms with van der Waals surface area (Å²) in [5.74, 6) is -0.268. The van der Waals surface area contributed by atoms with Crippen LogP contribution in [0.2, 0.25) is 0 Å². The molecule has 0 spiro atoms. The van der Waals surface area contributed by atoms with Gasteiger partial charge in [0, 0.05) is 35.8 Å². The summed E-state index contributed by atoms with van der Waals surface area (Å²) >= 11 is 1.37. The van der Waals surface area contributed by atoms with Gasteiger partial charge >= 0.3 is 0 Å². The number of carbonyl (C=O) groups is 1. The first-order chi connectivity index (χ1) is 10.2.